The van der Waals surface area contributed by atoms with Gasteiger partial charge in [0, 0.05) is 11.8 Å². The molecule has 174 valence electrons. The molecule has 0 bridgehead atoms. The minimum atomic E-state index is -1.23. The van der Waals surface area contributed by atoms with Crippen LogP contribution in [0.15, 0.2) is 60.2 Å². The molecule has 1 saturated heterocycles. The lowest BCUT2D eigenvalue weighted by molar-refractivity contribution is -0.132. The SMILES string of the molecule is COc1c(C)cc(C)cc1/C(O)=C1\C(=O)C(=O)N(c2ccc(F)c(F)c2)C1c1ccc(F)cc1. The summed E-state index contributed by atoms with van der Waals surface area (Å²) in [5.41, 5.74) is 1.56. The highest BCUT2D eigenvalue weighted by atomic mass is 19.2. The quantitative estimate of drug-likeness (QED) is 0.319. The third-order valence-corrected chi connectivity index (χ3v) is 5.69. The summed E-state index contributed by atoms with van der Waals surface area (Å²) in [4.78, 5) is 27.2. The summed E-state index contributed by atoms with van der Waals surface area (Å²) in [5.74, 6) is -5.17. The summed E-state index contributed by atoms with van der Waals surface area (Å²) in [6.45, 7) is 3.56. The van der Waals surface area contributed by atoms with E-state index in [0.29, 0.717) is 11.3 Å². The van der Waals surface area contributed by atoms with E-state index < -0.39 is 40.9 Å². The van der Waals surface area contributed by atoms with Crippen molar-refractivity contribution in [3.63, 3.8) is 0 Å². The number of hydrogen-bond donors (Lipinski definition) is 1. The highest BCUT2D eigenvalue weighted by Crippen LogP contribution is 2.44. The first kappa shape index (κ1) is 23.1. The van der Waals surface area contributed by atoms with Gasteiger partial charge in [0.25, 0.3) is 11.7 Å². The second-order valence-electron chi connectivity index (χ2n) is 7.98. The maximum absolute atomic E-state index is 14.0. The van der Waals surface area contributed by atoms with E-state index in [9.17, 15) is 27.9 Å². The van der Waals surface area contributed by atoms with Gasteiger partial charge in [0.05, 0.1) is 24.3 Å². The van der Waals surface area contributed by atoms with Crippen molar-refractivity contribution in [2.24, 2.45) is 0 Å². The molecule has 1 unspecified atom stereocenters. The molecule has 0 radical (unpaired) electrons. The van der Waals surface area contributed by atoms with Crippen molar-refractivity contribution in [2.75, 3.05) is 12.0 Å². The van der Waals surface area contributed by atoms with Crippen molar-refractivity contribution in [2.45, 2.75) is 19.9 Å². The molecular formula is C26H20F3NO4. The zero-order valence-corrected chi connectivity index (χ0v) is 18.5. The number of rotatable bonds is 4. The number of benzene rings is 3. The number of carbonyl (C=O) groups is 2. The monoisotopic (exact) mass is 467 g/mol. The van der Waals surface area contributed by atoms with Gasteiger partial charge < -0.3 is 9.84 Å². The Balaban J connectivity index is 2.01. The normalized spacial score (nSPS) is 17.4. The fraction of sp³-hybridized carbons (Fsp3) is 0.154. The number of anilines is 1. The van der Waals surface area contributed by atoms with Crippen LogP contribution in [0.2, 0.25) is 0 Å². The van der Waals surface area contributed by atoms with E-state index in [1.165, 1.54) is 19.2 Å². The fourth-order valence-electron chi connectivity index (χ4n) is 4.24. The van der Waals surface area contributed by atoms with Gasteiger partial charge in [0.1, 0.15) is 17.3 Å². The zero-order chi connectivity index (χ0) is 24.7. The number of aryl methyl sites for hydroxylation is 2. The average Bonchev–Trinajstić information content (AvgIpc) is 3.06. The van der Waals surface area contributed by atoms with Crippen molar-refractivity contribution in [3.05, 3.63) is 99.9 Å². The van der Waals surface area contributed by atoms with Gasteiger partial charge in [-0.25, -0.2) is 13.2 Å². The summed E-state index contributed by atoms with van der Waals surface area (Å²) in [6.07, 6.45) is 0. The number of aliphatic hydroxyl groups is 1. The van der Waals surface area contributed by atoms with Crippen LogP contribution in [0.3, 0.4) is 0 Å². The van der Waals surface area contributed by atoms with E-state index in [1.54, 1.807) is 19.9 Å². The molecule has 4 rings (SSSR count). The summed E-state index contributed by atoms with van der Waals surface area (Å²) < 4.78 is 46.6. The minimum Gasteiger partial charge on any atom is -0.507 e. The second kappa shape index (κ2) is 8.70. The van der Waals surface area contributed by atoms with Gasteiger partial charge in [-0.15, -0.1) is 0 Å². The van der Waals surface area contributed by atoms with Crippen LogP contribution >= 0.6 is 0 Å². The van der Waals surface area contributed by atoms with Crippen molar-refractivity contribution in [1.29, 1.82) is 0 Å². The Morgan fingerprint density at radius 1 is 0.941 bits per heavy atom. The van der Waals surface area contributed by atoms with Crippen LogP contribution in [0.4, 0.5) is 18.9 Å². The standard InChI is InChI=1S/C26H20F3NO4/c1-13-10-14(2)25(34-3)18(11-13)23(31)21-22(15-4-6-16(27)7-5-15)30(26(33)24(21)32)17-8-9-19(28)20(29)12-17/h4-12,22,31H,1-3H3/b23-21+. The van der Waals surface area contributed by atoms with Crippen LogP contribution in [0.1, 0.15) is 28.3 Å². The lowest BCUT2D eigenvalue weighted by Gasteiger charge is -2.25. The molecule has 34 heavy (non-hydrogen) atoms. The minimum absolute atomic E-state index is 0.0956. The fourth-order valence-corrected chi connectivity index (χ4v) is 4.24. The van der Waals surface area contributed by atoms with Crippen LogP contribution in [0.5, 0.6) is 5.75 Å². The predicted octanol–water partition coefficient (Wildman–Crippen LogP) is 5.36. The first-order valence-corrected chi connectivity index (χ1v) is 10.3. The van der Waals surface area contributed by atoms with Crippen LogP contribution in [-0.2, 0) is 9.59 Å². The molecule has 1 amide bonds. The number of amides is 1. The van der Waals surface area contributed by atoms with Gasteiger partial charge in [-0.3, -0.25) is 14.5 Å². The molecule has 1 heterocycles. The molecular weight excluding hydrogens is 447 g/mol. The summed E-state index contributed by atoms with van der Waals surface area (Å²) in [5, 5.41) is 11.3. The van der Waals surface area contributed by atoms with E-state index in [2.05, 4.69) is 0 Å². The number of aliphatic hydroxyl groups excluding tert-OH is 1. The molecule has 1 fully saturated rings. The number of ether oxygens (including phenoxy) is 1. The van der Waals surface area contributed by atoms with Crippen molar-refractivity contribution in [3.8, 4) is 5.75 Å². The number of halogens is 3. The van der Waals surface area contributed by atoms with E-state index in [4.69, 9.17) is 4.74 Å². The highest BCUT2D eigenvalue weighted by Gasteiger charge is 2.47. The Hall–Kier alpha value is -4.07. The molecule has 0 aromatic heterocycles. The first-order valence-electron chi connectivity index (χ1n) is 10.3. The molecule has 1 atom stereocenters. The Morgan fingerprint density at radius 3 is 2.24 bits per heavy atom. The number of Topliss-reactive ketones (excluding diaryl/α,β-unsaturated/α-hetero) is 1. The summed E-state index contributed by atoms with van der Waals surface area (Å²) >= 11 is 0. The van der Waals surface area contributed by atoms with Crippen molar-refractivity contribution < 1.29 is 32.6 Å². The Bertz CT molecular complexity index is 1350. The number of hydrogen-bond acceptors (Lipinski definition) is 4. The Labute approximate surface area is 193 Å². The molecule has 0 aliphatic carbocycles. The molecule has 0 saturated carbocycles. The van der Waals surface area contributed by atoms with Crippen molar-refractivity contribution in [1.82, 2.24) is 0 Å². The number of ketones is 1. The summed E-state index contributed by atoms with van der Waals surface area (Å²) in [7, 11) is 1.41. The molecule has 3 aromatic rings. The lowest BCUT2D eigenvalue weighted by atomic mass is 9.93. The Kier molecular flexibility index (Phi) is 5.91. The van der Waals surface area contributed by atoms with E-state index >= 15 is 0 Å². The molecule has 5 nitrogen and oxygen atoms in total. The van der Waals surface area contributed by atoms with Gasteiger partial charge in [-0.1, -0.05) is 18.2 Å². The highest BCUT2D eigenvalue weighted by molar-refractivity contribution is 6.51. The molecule has 1 aliphatic heterocycles. The van der Waals surface area contributed by atoms with Crippen LogP contribution in [0, 0.1) is 31.3 Å². The predicted molar refractivity (Wildman–Crippen MR) is 120 cm³/mol. The van der Waals surface area contributed by atoms with Gasteiger partial charge in [0.15, 0.2) is 11.6 Å². The maximum atomic E-state index is 14.0. The van der Waals surface area contributed by atoms with E-state index in [-0.39, 0.29) is 22.4 Å². The third-order valence-electron chi connectivity index (χ3n) is 5.69. The van der Waals surface area contributed by atoms with Crippen LogP contribution < -0.4 is 9.64 Å². The number of carbonyl (C=O) groups excluding carboxylic acids is 2. The van der Waals surface area contributed by atoms with Gasteiger partial charge >= 0.3 is 0 Å². The van der Waals surface area contributed by atoms with Gasteiger partial charge in [-0.05, 0) is 60.9 Å². The van der Waals surface area contributed by atoms with Crippen LogP contribution in [0.25, 0.3) is 5.76 Å². The van der Waals surface area contributed by atoms with E-state index in [1.807, 2.05) is 6.07 Å². The second-order valence-corrected chi connectivity index (χ2v) is 7.98. The molecule has 8 heteroatoms. The smallest absolute Gasteiger partial charge is 0.300 e. The molecule has 1 aliphatic rings. The maximum Gasteiger partial charge on any atom is 0.300 e. The first-order chi connectivity index (χ1) is 16.1. The lowest BCUT2D eigenvalue weighted by Crippen LogP contribution is -2.29. The Morgan fingerprint density at radius 2 is 1.62 bits per heavy atom. The number of methoxy groups -OCH3 is 1. The average molecular weight is 467 g/mol. The third kappa shape index (κ3) is 3.81. The van der Waals surface area contributed by atoms with Crippen molar-refractivity contribution >= 4 is 23.1 Å². The molecule has 3 aromatic carbocycles. The molecule has 1 N–H and O–H groups in total. The number of nitrogens with zero attached hydrogens (tertiary/aromatic N) is 1. The molecule has 0 spiro atoms. The van der Waals surface area contributed by atoms with E-state index in [0.717, 1.165) is 40.8 Å². The largest absolute Gasteiger partial charge is 0.507 e. The zero-order valence-electron chi connectivity index (χ0n) is 18.5. The summed E-state index contributed by atoms with van der Waals surface area (Å²) in [6, 6.07) is 9.95. The van der Waals surface area contributed by atoms with Gasteiger partial charge in [-0.2, -0.15) is 0 Å². The van der Waals surface area contributed by atoms with Crippen LogP contribution in [-0.4, -0.2) is 23.9 Å². The topological polar surface area (TPSA) is 66.8 Å². The van der Waals surface area contributed by atoms with Gasteiger partial charge in [0.2, 0.25) is 0 Å².